The molecule has 1 saturated heterocycles. The van der Waals surface area contributed by atoms with Crippen LogP contribution >= 0.6 is 0 Å². The number of imide groups is 1. The number of nitrogens with two attached hydrogens (primary N) is 1. The predicted molar refractivity (Wildman–Crippen MR) is 77.3 cm³/mol. The maximum atomic E-state index is 12.6. The number of rotatable bonds is 5. The lowest BCUT2D eigenvalue weighted by atomic mass is 9.73. The summed E-state index contributed by atoms with van der Waals surface area (Å²) in [6.45, 7) is 2.72. The molecule has 2 aliphatic rings. The second-order valence-corrected chi connectivity index (χ2v) is 5.93. The van der Waals surface area contributed by atoms with Crippen molar-refractivity contribution < 1.29 is 14.4 Å². The number of hydrogen-bond acceptors (Lipinski definition) is 4. The van der Waals surface area contributed by atoms with Crippen molar-refractivity contribution in [3.05, 3.63) is 0 Å². The van der Waals surface area contributed by atoms with E-state index in [1.54, 1.807) is 0 Å². The summed E-state index contributed by atoms with van der Waals surface area (Å²) in [7, 11) is 0. The van der Waals surface area contributed by atoms with Gasteiger partial charge in [0, 0.05) is 6.54 Å². The molecule has 4 amide bonds. The molecule has 0 radical (unpaired) electrons. The number of carbonyl (C=O) groups is 3. The summed E-state index contributed by atoms with van der Waals surface area (Å²) in [5.74, 6) is -0.478. The van der Waals surface area contributed by atoms with Crippen molar-refractivity contribution in [3.63, 3.8) is 0 Å². The number of amides is 4. The molecular weight excluding hydrogens is 272 g/mol. The van der Waals surface area contributed by atoms with Gasteiger partial charge < -0.3 is 16.4 Å². The zero-order valence-corrected chi connectivity index (χ0v) is 12.5. The van der Waals surface area contributed by atoms with Crippen LogP contribution in [0.1, 0.15) is 39.0 Å². The summed E-state index contributed by atoms with van der Waals surface area (Å²) in [6, 6.07) is -0.456. The average molecular weight is 296 g/mol. The van der Waals surface area contributed by atoms with Gasteiger partial charge in [-0.2, -0.15) is 0 Å². The Hall–Kier alpha value is -1.63. The molecule has 7 heteroatoms. The molecular formula is C14H24N4O3. The van der Waals surface area contributed by atoms with E-state index in [9.17, 15) is 14.4 Å². The molecule has 21 heavy (non-hydrogen) atoms. The number of nitrogens with one attached hydrogen (secondary N) is 2. The first-order valence-electron chi connectivity index (χ1n) is 7.62. The van der Waals surface area contributed by atoms with Crippen LogP contribution in [-0.4, -0.2) is 47.9 Å². The highest BCUT2D eigenvalue weighted by molar-refractivity contribution is 6.09. The molecule has 2 fully saturated rings. The Bertz CT molecular complexity index is 440. The first-order valence-corrected chi connectivity index (χ1v) is 7.62. The highest BCUT2D eigenvalue weighted by atomic mass is 16.2. The van der Waals surface area contributed by atoms with E-state index in [1.165, 1.54) is 0 Å². The molecule has 1 spiro atoms. The van der Waals surface area contributed by atoms with Crippen LogP contribution in [0.2, 0.25) is 0 Å². The Balaban J connectivity index is 2.00. The normalized spacial score (nSPS) is 28.9. The highest BCUT2D eigenvalue weighted by Gasteiger charge is 2.55. The summed E-state index contributed by atoms with van der Waals surface area (Å²) in [4.78, 5) is 37.5. The molecule has 7 nitrogen and oxygen atoms in total. The number of urea groups is 1. The quantitative estimate of drug-likeness (QED) is 0.489. The monoisotopic (exact) mass is 296 g/mol. The van der Waals surface area contributed by atoms with E-state index in [-0.39, 0.29) is 24.3 Å². The molecule has 2 unspecified atom stereocenters. The third kappa shape index (κ3) is 3.02. The fraction of sp³-hybridized carbons (Fsp3) is 0.786. The van der Waals surface area contributed by atoms with Crippen molar-refractivity contribution in [1.29, 1.82) is 0 Å². The van der Waals surface area contributed by atoms with E-state index in [1.807, 2.05) is 6.92 Å². The van der Waals surface area contributed by atoms with Gasteiger partial charge in [0.15, 0.2) is 0 Å². The summed E-state index contributed by atoms with van der Waals surface area (Å²) >= 11 is 0. The molecule has 2 atom stereocenters. The Morgan fingerprint density at radius 2 is 2.24 bits per heavy atom. The maximum Gasteiger partial charge on any atom is 0.325 e. The molecule has 0 bridgehead atoms. The Morgan fingerprint density at radius 1 is 1.48 bits per heavy atom. The van der Waals surface area contributed by atoms with Crippen molar-refractivity contribution >= 4 is 17.8 Å². The molecule has 0 aromatic rings. The van der Waals surface area contributed by atoms with Gasteiger partial charge in [0.05, 0.1) is 0 Å². The Kier molecular flexibility index (Phi) is 4.82. The van der Waals surface area contributed by atoms with Crippen LogP contribution in [-0.2, 0) is 9.59 Å². The lowest BCUT2D eigenvalue weighted by Crippen LogP contribution is -2.54. The summed E-state index contributed by atoms with van der Waals surface area (Å²) in [6.07, 6.45) is 4.25. The van der Waals surface area contributed by atoms with E-state index in [4.69, 9.17) is 5.73 Å². The fourth-order valence-corrected chi connectivity index (χ4v) is 3.17. The second kappa shape index (κ2) is 6.43. The topological polar surface area (TPSA) is 105 Å². The van der Waals surface area contributed by atoms with Crippen LogP contribution in [0.4, 0.5) is 4.79 Å². The minimum Gasteiger partial charge on any atom is -0.354 e. The molecule has 1 saturated carbocycles. The van der Waals surface area contributed by atoms with Gasteiger partial charge in [0.1, 0.15) is 12.1 Å². The highest BCUT2D eigenvalue weighted by Crippen LogP contribution is 2.37. The Labute approximate surface area is 124 Å². The molecule has 0 aromatic heterocycles. The number of hydrogen-bond donors (Lipinski definition) is 3. The van der Waals surface area contributed by atoms with Crippen molar-refractivity contribution in [2.24, 2.45) is 11.7 Å². The van der Waals surface area contributed by atoms with Crippen molar-refractivity contribution in [3.8, 4) is 0 Å². The van der Waals surface area contributed by atoms with Gasteiger partial charge in [-0.05, 0) is 31.7 Å². The first-order chi connectivity index (χ1) is 10.0. The molecule has 118 valence electrons. The van der Waals surface area contributed by atoms with Crippen LogP contribution in [0.5, 0.6) is 0 Å². The summed E-state index contributed by atoms with van der Waals surface area (Å²) in [5, 5.41) is 5.49. The van der Waals surface area contributed by atoms with Crippen LogP contribution in [0.15, 0.2) is 0 Å². The van der Waals surface area contributed by atoms with Crippen molar-refractivity contribution in [2.75, 3.05) is 19.6 Å². The average Bonchev–Trinajstić information content (AvgIpc) is 2.68. The zero-order valence-electron chi connectivity index (χ0n) is 12.5. The third-order valence-corrected chi connectivity index (χ3v) is 4.51. The Morgan fingerprint density at radius 3 is 2.90 bits per heavy atom. The number of carbonyl (C=O) groups excluding carboxylic acids is 3. The molecule has 2 rings (SSSR count). The zero-order chi connectivity index (χ0) is 15.5. The van der Waals surface area contributed by atoms with Crippen LogP contribution in [0, 0.1) is 5.92 Å². The molecule has 1 heterocycles. The first kappa shape index (κ1) is 15.8. The number of nitrogens with zero attached hydrogens (tertiary/aromatic N) is 1. The van der Waals surface area contributed by atoms with E-state index >= 15 is 0 Å². The standard InChI is InChI=1S/C14H24N4O3/c1-10-5-2-3-6-14(10)12(20)18(13(21)17-14)9-11(19)16-8-4-7-15/h10H,2-9,15H2,1H3,(H,16,19)(H,17,21). The maximum absolute atomic E-state index is 12.6. The van der Waals surface area contributed by atoms with Gasteiger partial charge in [-0.1, -0.05) is 19.8 Å². The lowest BCUT2D eigenvalue weighted by molar-refractivity contribution is -0.137. The molecule has 4 N–H and O–H groups in total. The minimum atomic E-state index is -0.799. The molecule has 0 aromatic carbocycles. The van der Waals surface area contributed by atoms with E-state index in [0.717, 1.165) is 24.2 Å². The van der Waals surface area contributed by atoms with Gasteiger partial charge in [0.25, 0.3) is 5.91 Å². The SMILES string of the molecule is CC1CCCCC12NC(=O)N(CC(=O)NCCCN)C2=O. The van der Waals surface area contributed by atoms with Crippen LogP contribution in [0.25, 0.3) is 0 Å². The van der Waals surface area contributed by atoms with Gasteiger partial charge >= 0.3 is 6.03 Å². The summed E-state index contributed by atoms with van der Waals surface area (Å²) in [5.41, 5.74) is 4.55. The third-order valence-electron chi connectivity index (χ3n) is 4.51. The van der Waals surface area contributed by atoms with Crippen molar-refractivity contribution in [2.45, 2.75) is 44.6 Å². The predicted octanol–water partition coefficient (Wildman–Crippen LogP) is -0.0479. The van der Waals surface area contributed by atoms with E-state index in [0.29, 0.717) is 25.9 Å². The lowest BCUT2D eigenvalue weighted by Gasteiger charge is -2.36. The van der Waals surface area contributed by atoms with E-state index in [2.05, 4.69) is 10.6 Å². The largest absolute Gasteiger partial charge is 0.354 e. The van der Waals surface area contributed by atoms with Gasteiger partial charge in [0.2, 0.25) is 5.91 Å². The van der Waals surface area contributed by atoms with Gasteiger partial charge in [-0.25, -0.2) is 4.79 Å². The van der Waals surface area contributed by atoms with E-state index < -0.39 is 11.6 Å². The van der Waals surface area contributed by atoms with Gasteiger partial charge in [-0.3, -0.25) is 14.5 Å². The van der Waals surface area contributed by atoms with Crippen LogP contribution in [0.3, 0.4) is 0 Å². The molecule has 1 aliphatic carbocycles. The summed E-state index contributed by atoms with van der Waals surface area (Å²) < 4.78 is 0. The molecule has 1 aliphatic heterocycles. The second-order valence-electron chi connectivity index (χ2n) is 5.93. The van der Waals surface area contributed by atoms with Crippen molar-refractivity contribution in [1.82, 2.24) is 15.5 Å². The van der Waals surface area contributed by atoms with Crippen LogP contribution < -0.4 is 16.4 Å². The van der Waals surface area contributed by atoms with Gasteiger partial charge in [-0.15, -0.1) is 0 Å². The smallest absolute Gasteiger partial charge is 0.325 e. The minimum absolute atomic E-state index is 0.105. The fourth-order valence-electron chi connectivity index (χ4n) is 3.17.